The number of amides is 2. The number of rotatable bonds is 21. The van der Waals surface area contributed by atoms with Crippen LogP contribution in [0.2, 0.25) is 0 Å². The molecule has 306 valence electrons. The van der Waals surface area contributed by atoms with Crippen LogP contribution in [0.1, 0.15) is 39.8 Å². The third-order valence-corrected chi connectivity index (χ3v) is 11.2. The van der Waals surface area contributed by atoms with Crippen molar-refractivity contribution in [3.05, 3.63) is 12.7 Å². The smallest absolute Gasteiger partial charge is 0.393 e. The van der Waals surface area contributed by atoms with E-state index < -0.39 is 90.7 Å². The van der Waals surface area contributed by atoms with Crippen LogP contribution in [0.4, 0.5) is 5.82 Å². The number of ether oxygens (including phenoxy) is 1. The zero-order chi connectivity index (χ0) is 40.6. The van der Waals surface area contributed by atoms with Crippen molar-refractivity contribution in [3.8, 4) is 0 Å². The maximum Gasteiger partial charge on any atom is 0.481 e. The van der Waals surface area contributed by atoms with Gasteiger partial charge >= 0.3 is 23.5 Å². The first kappa shape index (κ1) is 45.9. The second-order valence-corrected chi connectivity index (χ2v) is 17.7. The summed E-state index contributed by atoms with van der Waals surface area (Å²) in [6.07, 6.45) is -7.79. The lowest BCUT2D eigenvalue weighted by molar-refractivity contribution is -0.137. The minimum Gasteiger partial charge on any atom is -0.393 e. The molecule has 8 atom stereocenters. The molecule has 1 aliphatic rings. The lowest BCUT2D eigenvalue weighted by Crippen LogP contribution is -2.46. The molecular weight excluding hydrogens is 811 g/mol. The number of nitrogens with one attached hydrogen (secondary N) is 2. The number of phosphoric acid groups is 3. The van der Waals surface area contributed by atoms with Crippen molar-refractivity contribution in [2.45, 2.75) is 70.4 Å². The van der Waals surface area contributed by atoms with E-state index in [-0.39, 0.29) is 53.8 Å². The van der Waals surface area contributed by atoms with E-state index in [1.165, 1.54) is 20.8 Å². The van der Waals surface area contributed by atoms with Crippen LogP contribution >= 0.6 is 35.2 Å². The average Bonchev–Trinajstić information content (AvgIpc) is 3.60. The van der Waals surface area contributed by atoms with Crippen LogP contribution in [0.15, 0.2) is 12.7 Å². The third kappa shape index (κ3) is 13.9. The summed E-state index contributed by atoms with van der Waals surface area (Å²) in [5.74, 6) is -1.25. The van der Waals surface area contributed by atoms with E-state index in [0.717, 1.165) is 29.0 Å². The number of anilines is 1. The number of nitrogens with two attached hydrogens (primary N) is 1. The SMILES string of the molecule is C[C@H](O)CC(=O)SCCNC(=O)CCNC(=O)C(O)C(C)(C)COP(=O)(O)OP(=O)(O)OC[C@H]1O[C@@H](n2cnc3c(N)ncnc32)[C@H](O)[C@@H]1OP(=O)(O)O. The number of aliphatic hydroxyl groups is 3. The molecule has 2 amide bonds. The molecule has 3 unspecified atom stereocenters. The Kier molecular flexibility index (Phi) is 16.2. The number of hydrogen-bond donors (Lipinski definition) is 10. The van der Waals surface area contributed by atoms with Crippen molar-refractivity contribution >= 4 is 69.1 Å². The fourth-order valence-corrected chi connectivity index (χ4v) is 8.22. The standard InChI is InChI=1S/C25H42N7O18P3S/c1-13(33)8-16(35)54-7-6-27-15(34)4-5-28-23(38)20(37)25(2,3)10-47-53(44,45)50-52(42,43)46-9-14-19(49-51(39,40)41)18(36)24(48-14)32-12-31-17-21(26)29-11-30-22(17)32/h11-14,18-20,24,33,36-37H,4-10H2,1-3H3,(H,27,34)(H,28,38)(H,42,43)(H,44,45)(H2,26,29,30)(H2,39,40,41)/t13-,14+,18+,19+,20?,24+/m0/s1. The number of aromatic nitrogens is 4. The average molecular weight is 854 g/mol. The molecule has 2 aromatic rings. The molecule has 0 aromatic carbocycles. The summed E-state index contributed by atoms with van der Waals surface area (Å²) in [7, 11) is -16.4. The van der Waals surface area contributed by atoms with Gasteiger partial charge in [-0.3, -0.25) is 32.5 Å². The van der Waals surface area contributed by atoms with Gasteiger partial charge in [0, 0.05) is 37.1 Å². The number of nitrogen functional groups attached to an aromatic ring is 1. The molecular formula is C25H42N7O18P3S. The zero-order valence-corrected chi connectivity index (χ0v) is 32.3. The van der Waals surface area contributed by atoms with E-state index >= 15 is 0 Å². The summed E-state index contributed by atoms with van der Waals surface area (Å²) in [5, 5.41) is 35.2. The van der Waals surface area contributed by atoms with E-state index in [1.54, 1.807) is 0 Å². The highest BCUT2D eigenvalue weighted by Gasteiger charge is 2.50. The van der Waals surface area contributed by atoms with Gasteiger partial charge in [0.1, 0.15) is 36.3 Å². The quantitative estimate of drug-likeness (QED) is 0.0501. The monoisotopic (exact) mass is 853 g/mol. The summed E-state index contributed by atoms with van der Waals surface area (Å²) in [6.45, 7) is 1.83. The van der Waals surface area contributed by atoms with Crippen LogP contribution in [0, 0.1) is 5.41 Å². The van der Waals surface area contributed by atoms with Gasteiger partial charge in [-0.2, -0.15) is 4.31 Å². The van der Waals surface area contributed by atoms with Crippen molar-refractivity contribution in [1.29, 1.82) is 0 Å². The number of imidazole rings is 1. The fourth-order valence-electron chi connectivity index (χ4n) is 4.60. The van der Waals surface area contributed by atoms with Crippen LogP contribution in [0.5, 0.6) is 0 Å². The highest BCUT2D eigenvalue weighted by molar-refractivity contribution is 8.13. The summed E-state index contributed by atoms with van der Waals surface area (Å²) in [6, 6.07) is 0. The molecule has 0 spiro atoms. The Balaban J connectivity index is 1.51. The molecule has 3 rings (SSSR count). The van der Waals surface area contributed by atoms with Crippen molar-refractivity contribution in [3.63, 3.8) is 0 Å². The molecule has 1 fully saturated rings. The van der Waals surface area contributed by atoms with Gasteiger partial charge in [0.2, 0.25) is 11.8 Å². The molecule has 1 aliphatic heterocycles. The summed E-state index contributed by atoms with van der Waals surface area (Å²) < 4.78 is 61.9. The first-order valence-corrected chi connectivity index (χ1v) is 21.1. The molecule has 3 heterocycles. The van der Waals surface area contributed by atoms with Gasteiger partial charge in [-0.05, 0) is 6.92 Å². The summed E-state index contributed by atoms with van der Waals surface area (Å²) >= 11 is 0.939. The first-order chi connectivity index (χ1) is 24.9. The van der Waals surface area contributed by atoms with Crippen molar-refractivity contribution in [1.82, 2.24) is 30.2 Å². The normalized spacial score (nSPS) is 22.6. The Hall–Kier alpha value is -2.48. The van der Waals surface area contributed by atoms with Crippen LogP contribution in [0.3, 0.4) is 0 Å². The van der Waals surface area contributed by atoms with E-state index in [0.29, 0.717) is 0 Å². The zero-order valence-electron chi connectivity index (χ0n) is 28.8. The Morgan fingerprint density at radius 1 is 1.06 bits per heavy atom. The fraction of sp³-hybridized carbons (Fsp3) is 0.680. The Morgan fingerprint density at radius 3 is 2.37 bits per heavy atom. The molecule has 0 bridgehead atoms. The van der Waals surface area contributed by atoms with E-state index in [2.05, 4.69) is 34.4 Å². The number of carbonyl (C=O) groups is 3. The van der Waals surface area contributed by atoms with E-state index in [9.17, 15) is 63.0 Å². The number of fused-ring (bicyclic) bond motifs is 1. The molecule has 25 nitrogen and oxygen atoms in total. The minimum absolute atomic E-state index is 0.0259. The molecule has 0 aliphatic carbocycles. The Bertz CT molecular complexity index is 1780. The minimum atomic E-state index is -5.57. The topological polar surface area (TPSA) is 384 Å². The number of nitrogens with zero attached hydrogens (tertiary/aromatic N) is 4. The summed E-state index contributed by atoms with van der Waals surface area (Å²) in [5.41, 5.74) is 4.23. The van der Waals surface area contributed by atoms with E-state index in [4.69, 9.17) is 19.5 Å². The third-order valence-electron chi connectivity index (χ3n) is 7.23. The second-order valence-electron chi connectivity index (χ2n) is 12.3. The highest BCUT2D eigenvalue weighted by atomic mass is 32.2. The Morgan fingerprint density at radius 2 is 1.72 bits per heavy atom. The van der Waals surface area contributed by atoms with Crippen LogP contribution in [0.25, 0.3) is 11.2 Å². The summed E-state index contributed by atoms with van der Waals surface area (Å²) in [4.78, 5) is 86.9. The molecule has 2 aromatic heterocycles. The van der Waals surface area contributed by atoms with Gasteiger partial charge in [-0.15, -0.1) is 0 Å². The van der Waals surface area contributed by atoms with Crippen LogP contribution in [-0.2, 0) is 50.7 Å². The number of thioether (sulfide) groups is 1. The predicted molar refractivity (Wildman–Crippen MR) is 183 cm³/mol. The van der Waals surface area contributed by atoms with Gasteiger partial charge < -0.3 is 56.0 Å². The lowest BCUT2D eigenvalue weighted by atomic mass is 9.87. The number of phosphoric ester groups is 3. The highest BCUT2D eigenvalue weighted by Crippen LogP contribution is 2.61. The maximum atomic E-state index is 12.6. The van der Waals surface area contributed by atoms with Gasteiger partial charge in [0.25, 0.3) is 0 Å². The number of hydrogen-bond acceptors (Lipinski definition) is 19. The molecule has 1 saturated heterocycles. The number of aliphatic hydroxyl groups excluding tert-OH is 3. The van der Waals surface area contributed by atoms with Gasteiger partial charge in [-0.1, -0.05) is 25.6 Å². The maximum absolute atomic E-state index is 12.6. The molecule has 0 radical (unpaired) electrons. The molecule has 29 heteroatoms. The van der Waals surface area contributed by atoms with Crippen LogP contribution < -0.4 is 16.4 Å². The number of carbonyl (C=O) groups excluding carboxylic acids is 3. The second kappa shape index (κ2) is 19.1. The molecule has 0 saturated carbocycles. The van der Waals surface area contributed by atoms with Crippen molar-refractivity contribution < 1.29 is 85.6 Å². The molecule has 54 heavy (non-hydrogen) atoms. The van der Waals surface area contributed by atoms with Crippen molar-refractivity contribution in [2.75, 3.05) is 37.8 Å². The van der Waals surface area contributed by atoms with Gasteiger partial charge in [0.05, 0.1) is 25.6 Å². The first-order valence-electron chi connectivity index (χ1n) is 15.6. The lowest BCUT2D eigenvalue weighted by Gasteiger charge is -2.30. The van der Waals surface area contributed by atoms with Crippen molar-refractivity contribution in [2.24, 2.45) is 5.41 Å². The van der Waals surface area contributed by atoms with Gasteiger partial charge in [-0.25, -0.2) is 28.6 Å². The largest absolute Gasteiger partial charge is 0.481 e. The Labute approximate surface area is 310 Å². The van der Waals surface area contributed by atoms with E-state index in [1.807, 2.05) is 0 Å². The molecule has 11 N–H and O–H groups in total. The van der Waals surface area contributed by atoms with Gasteiger partial charge in [0.15, 0.2) is 22.8 Å². The predicted octanol–water partition coefficient (Wildman–Crippen LogP) is -1.56. The van der Waals surface area contributed by atoms with Crippen LogP contribution in [-0.4, -0.2) is 134 Å².